The molecule has 0 unspecified atom stereocenters. The van der Waals surface area contributed by atoms with E-state index in [0.717, 1.165) is 0 Å². The SMILES string of the molecule is O[C-](Cn1cncn1)c1ccc(Cl)cc1Cl.[Na+]. The minimum absolute atomic E-state index is 0. The van der Waals surface area contributed by atoms with E-state index in [2.05, 4.69) is 10.1 Å². The molecule has 17 heavy (non-hydrogen) atoms. The monoisotopic (exact) mass is 279 g/mol. The molecule has 2 aromatic rings. The Balaban J connectivity index is 0.00000144. The second-order valence-corrected chi connectivity index (χ2v) is 4.01. The van der Waals surface area contributed by atoms with Gasteiger partial charge in [-0.1, -0.05) is 28.8 Å². The van der Waals surface area contributed by atoms with Gasteiger partial charge in [-0.25, -0.2) is 4.98 Å². The third-order valence-corrected chi connectivity index (χ3v) is 2.57. The second-order valence-electron chi connectivity index (χ2n) is 3.16. The number of aromatic nitrogens is 3. The van der Waals surface area contributed by atoms with Crippen molar-refractivity contribution in [3.05, 3.63) is 52.6 Å². The van der Waals surface area contributed by atoms with Crippen LogP contribution in [-0.2, 0) is 6.54 Å². The Morgan fingerprint density at radius 2 is 2.12 bits per heavy atom. The summed E-state index contributed by atoms with van der Waals surface area (Å²) in [5.74, 6) is 0. The molecule has 0 saturated carbocycles. The Morgan fingerprint density at radius 3 is 2.71 bits per heavy atom. The van der Waals surface area contributed by atoms with Crippen molar-refractivity contribution in [1.29, 1.82) is 0 Å². The van der Waals surface area contributed by atoms with E-state index in [1.807, 2.05) is 0 Å². The number of hydrogen-bond donors (Lipinski definition) is 1. The second kappa shape index (κ2) is 6.64. The third kappa shape index (κ3) is 3.88. The molecule has 0 aliphatic rings. The summed E-state index contributed by atoms with van der Waals surface area (Å²) in [4.78, 5) is 3.78. The topological polar surface area (TPSA) is 50.9 Å². The quantitative estimate of drug-likeness (QED) is 0.611. The third-order valence-electron chi connectivity index (χ3n) is 2.02. The van der Waals surface area contributed by atoms with E-state index in [-0.39, 0.29) is 42.2 Å². The van der Waals surface area contributed by atoms with E-state index in [4.69, 9.17) is 23.2 Å². The molecule has 84 valence electrons. The van der Waals surface area contributed by atoms with Crippen molar-refractivity contribution in [2.45, 2.75) is 6.54 Å². The van der Waals surface area contributed by atoms with Crippen LogP contribution in [0, 0.1) is 6.10 Å². The molecule has 0 amide bonds. The smallest absolute Gasteiger partial charge is 0.424 e. The summed E-state index contributed by atoms with van der Waals surface area (Å²) in [5.41, 5.74) is 0.543. The first-order valence-corrected chi connectivity index (χ1v) is 5.25. The molecule has 1 aromatic carbocycles. The molecule has 2 rings (SSSR count). The van der Waals surface area contributed by atoms with E-state index < -0.39 is 0 Å². The van der Waals surface area contributed by atoms with Crippen LogP contribution in [0.3, 0.4) is 0 Å². The first-order chi connectivity index (χ1) is 7.66. The first-order valence-electron chi connectivity index (χ1n) is 4.49. The predicted molar refractivity (Wildman–Crippen MR) is 60.8 cm³/mol. The number of hydrogen-bond acceptors (Lipinski definition) is 3. The molecule has 1 aromatic heterocycles. The van der Waals surface area contributed by atoms with Gasteiger partial charge >= 0.3 is 29.6 Å². The Kier molecular flexibility index (Phi) is 5.79. The molecule has 0 bridgehead atoms. The number of aliphatic hydroxyl groups is 1. The van der Waals surface area contributed by atoms with Gasteiger partial charge in [0.15, 0.2) is 0 Å². The van der Waals surface area contributed by atoms with Crippen molar-refractivity contribution in [1.82, 2.24) is 14.8 Å². The van der Waals surface area contributed by atoms with Gasteiger partial charge in [-0.15, -0.1) is 5.56 Å². The van der Waals surface area contributed by atoms with Crippen LogP contribution in [0.2, 0.25) is 10.0 Å². The average Bonchev–Trinajstić information content (AvgIpc) is 2.70. The molecule has 1 heterocycles. The van der Waals surface area contributed by atoms with Crippen LogP contribution in [0.15, 0.2) is 30.9 Å². The van der Waals surface area contributed by atoms with Crippen molar-refractivity contribution >= 4 is 23.2 Å². The summed E-state index contributed by atoms with van der Waals surface area (Å²) in [6, 6.07) is 4.91. The first kappa shape index (κ1) is 14.8. The zero-order valence-electron chi connectivity index (χ0n) is 9.14. The van der Waals surface area contributed by atoms with Gasteiger partial charge in [0.05, 0.1) is 0 Å². The zero-order valence-corrected chi connectivity index (χ0v) is 12.7. The number of nitrogens with zero attached hydrogens (tertiary/aromatic N) is 3. The molecule has 7 heteroatoms. The summed E-state index contributed by atoms with van der Waals surface area (Å²) in [7, 11) is 0. The minimum atomic E-state index is 0. The Morgan fingerprint density at radius 1 is 1.35 bits per heavy atom. The number of halogens is 2. The van der Waals surface area contributed by atoms with Crippen molar-refractivity contribution < 1.29 is 34.7 Å². The molecular formula is C10H8Cl2N3NaO. The molecule has 4 nitrogen and oxygen atoms in total. The van der Waals surface area contributed by atoms with Crippen molar-refractivity contribution in [2.75, 3.05) is 0 Å². The van der Waals surface area contributed by atoms with Crippen LogP contribution in [0.1, 0.15) is 5.56 Å². The van der Waals surface area contributed by atoms with Gasteiger partial charge in [0, 0.05) is 11.6 Å². The van der Waals surface area contributed by atoms with Crippen LogP contribution in [0.4, 0.5) is 0 Å². The predicted octanol–water partition coefficient (Wildman–Crippen LogP) is -0.458. The van der Waals surface area contributed by atoms with Gasteiger partial charge in [0.25, 0.3) is 0 Å². The van der Waals surface area contributed by atoms with Gasteiger partial charge in [0.2, 0.25) is 0 Å². The molecule has 0 aliphatic heterocycles. The molecule has 0 saturated heterocycles. The van der Waals surface area contributed by atoms with Gasteiger partial charge in [0.1, 0.15) is 12.7 Å². The van der Waals surface area contributed by atoms with Gasteiger partial charge < -0.3 is 5.11 Å². The summed E-state index contributed by atoms with van der Waals surface area (Å²) in [6.07, 6.45) is 3.03. The molecule has 0 atom stereocenters. The molecule has 0 radical (unpaired) electrons. The van der Waals surface area contributed by atoms with Crippen molar-refractivity contribution in [3.8, 4) is 0 Å². The van der Waals surface area contributed by atoms with E-state index in [1.165, 1.54) is 17.3 Å². The standard InChI is InChI=1S/C10H8Cl2N3O.Na/c11-7-1-2-8(9(12)3-7)10(16)4-15-6-13-5-14-15;/h1-3,5-6,16H,4H2;/q-1;+1. The Bertz CT molecular complexity index is 478. The zero-order chi connectivity index (χ0) is 11.5. The fraction of sp³-hybridized carbons (Fsp3) is 0.100. The summed E-state index contributed by atoms with van der Waals surface area (Å²) >= 11 is 11.7. The fourth-order valence-corrected chi connectivity index (χ4v) is 1.79. The average molecular weight is 280 g/mol. The van der Waals surface area contributed by atoms with Crippen molar-refractivity contribution in [2.24, 2.45) is 0 Å². The van der Waals surface area contributed by atoms with E-state index in [0.29, 0.717) is 15.6 Å². The maximum Gasteiger partial charge on any atom is 1.00 e. The van der Waals surface area contributed by atoms with E-state index in [1.54, 1.807) is 18.2 Å². The van der Waals surface area contributed by atoms with Crippen LogP contribution < -0.4 is 29.6 Å². The van der Waals surface area contributed by atoms with Crippen LogP contribution >= 0.6 is 23.2 Å². The summed E-state index contributed by atoms with van der Waals surface area (Å²) in [6.45, 7) is 0.224. The number of aliphatic hydroxyl groups excluding tert-OH is 1. The van der Waals surface area contributed by atoms with Crippen LogP contribution in [0.5, 0.6) is 0 Å². The largest absolute Gasteiger partial charge is 1.00 e. The van der Waals surface area contributed by atoms with Crippen molar-refractivity contribution in [3.63, 3.8) is 0 Å². The van der Waals surface area contributed by atoms with E-state index >= 15 is 0 Å². The summed E-state index contributed by atoms with van der Waals surface area (Å²) in [5, 5.41) is 14.7. The molecule has 0 aliphatic carbocycles. The Hall–Kier alpha value is -0.230. The number of benzene rings is 1. The molecule has 1 N–H and O–H groups in total. The summed E-state index contributed by atoms with van der Waals surface area (Å²) < 4.78 is 1.50. The van der Waals surface area contributed by atoms with E-state index in [9.17, 15) is 5.11 Å². The minimum Gasteiger partial charge on any atom is -0.424 e. The molecule has 0 fully saturated rings. The van der Waals surface area contributed by atoms with Crippen LogP contribution in [-0.4, -0.2) is 19.9 Å². The number of rotatable bonds is 3. The fourth-order valence-electron chi connectivity index (χ4n) is 1.28. The van der Waals surface area contributed by atoms with Gasteiger partial charge in [-0.05, 0) is 6.10 Å². The molecular weight excluding hydrogens is 272 g/mol. The normalized spacial score (nSPS) is 9.82. The van der Waals surface area contributed by atoms with Gasteiger partial charge in [-0.3, -0.25) is 4.68 Å². The van der Waals surface area contributed by atoms with Crippen LogP contribution in [0.25, 0.3) is 0 Å². The molecule has 0 spiro atoms. The Labute approximate surface area is 131 Å². The maximum atomic E-state index is 9.86. The maximum absolute atomic E-state index is 9.86. The van der Waals surface area contributed by atoms with Gasteiger partial charge in [-0.2, -0.15) is 22.8 Å².